The third kappa shape index (κ3) is 4.36. The Morgan fingerprint density at radius 2 is 1.69 bits per heavy atom. The van der Waals surface area contributed by atoms with Crippen LogP contribution < -0.4 is 4.90 Å². The fourth-order valence-electron chi connectivity index (χ4n) is 3.90. The van der Waals surface area contributed by atoms with E-state index in [0.29, 0.717) is 5.92 Å². The predicted molar refractivity (Wildman–Crippen MR) is 116 cm³/mol. The Labute approximate surface area is 173 Å². The molecule has 2 fully saturated rings. The fraction of sp³-hybridized carbons (Fsp3) is 0.522. The van der Waals surface area contributed by atoms with Crippen LogP contribution in [0.15, 0.2) is 24.3 Å². The lowest BCUT2D eigenvalue weighted by molar-refractivity contribution is 0.168. The second-order valence-corrected chi connectivity index (χ2v) is 8.56. The van der Waals surface area contributed by atoms with E-state index < -0.39 is 0 Å². The highest BCUT2D eigenvalue weighted by atomic mass is 16.2. The first-order valence-corrected chi connectivity index (χ1v) is 10.6. The summed E-state index contributed by atoms with van der Waals surface area (Å²) in [5, 5.41) is 0. The van der Waals surface area contributed by atoms with E-state index >= 15 is 0 Å². The molecule has 1 saturated heterocycles. The number of carbonyl (C=O) groups excluding carboxylic acids is 1. The highest BCUT2D eigenvalue weighted by molar-refractivity contribution is 5.74. The minimum Gasteiger partial charge on any atom is -0.353 e. The highest BCUT2D eigenvalue weighted by Gasteiger charge is 2.30. The number of aryl methyl sites for hydroxylation is 2. The van der Waals surface area contributed by atoms with Gasteiger partial charge in [0.05, 0.1) is 0 Å². The Kier molecular flexibility index (Phi) is 5.43. The van der Waals surface area contributed by atoms with Gasteiger partial charge in [0.15, 0.2) is 0 Å². The fourth-order valence-corrected chi connectivity index (χ4v) is 3.90. The lowest BCUT2D eigenvalue weighted by atomic mass is 10.0. The van der Waals surface area contributed by atoms with E-state index in [2.05, 4.69) is 43.0 Å². The minimum atomic E-state index is 0.0852. The van der Waals surface area contributed by atoms with Crippen LogP contribution in [0.4, 0.5) is 10.6 Å². The van der Waals surface area contributed by atoms with Crippen LogP contribution in [0.25, 0.3) is 0 Å². The minimum absolute atomic E-state index is 0.0852. The number of hydrogen-bond acceptors (Lipinski definition) is 4. The van der Waals surface area contributed by atoms with E-state index in [0.717, 1.165) is 49.9 Å². The van der Waals surface area contributed by atoms with Gasteiger partial charge in [-0.25, -0.2) is 14.8 Å². The number of aromatic nitrogens is 2. The van der Waals surface area contributed by atoms with Gasteiger partial charge in [-0.15, -0.1) is 0 Å². The first-order valence-electron chi connectivity index (χ1n) is 10.6. The third-order valence-electron chi connectivity index (χ3n) is 5.89. The molecule has 2 amide bonds. The summed E-state index contributed by atoms with van der Waals surface area (Å²) in [5.41, 5.74) is 4.85. The van der Waals surface area contributed by atoms with Gasteiger partial charge in [0, 0.05) is 63.9 Å². The third-order valence-corrected chi connectivity index (χ3v) is 5.89. The summed E-state index contributed by atoms with van der Waals surface area (Å²) in [4.78, 5) is 28.1. The van der Waals surface area contributed by atoms with Crippen molar-refractivity contribution >= 4 is 11.8 Å². The van der Waals surface area contributed by atoms with Crippen LogP contribution in [0, 0.1) is 13.8 Å². The van der Waals surface area contributed by atoms with E-state index in [9.17, 15) is 4.79 Å². The zero-order chi connectivity index (χ0) is 20.5. The number of rotatable bonds is 4. The van der Waals surface area contributed by atoms with Crippen molar-refractivity contribution in [3.05, 3.63) is 52.5 Å². The number of amides is 2. The number of hydrogen-bond donors (Lipinski definition) is 0. The number of benzene rings is 1. The molecule has 2 aliphatic rings. The van der Waals surface area contributed by atoms with Crippen LogP contribution in [0.1, 0.15) is 47.0 Å². The van der Waals surface area contributed by atoms with Gasteiger partial charge in [0.25, 0.3) is 0 Å². The van der Waals surface area contributed by atoms with Crippen molar-refractivity contribution in [2.45, 2.75) is 39.0 Å². The normalized spacial score (nSPS) is 16.8. The van der Waals surface area contributed by atoms with Gasteiger partial charge in [-0.3, -0.25) is 0 Å². The van der Waals surface area contributed by atoms with E-state index in [1.54, 1.807) is 4.90 Å². The number of anilines is 1. The zero-order valence-corrected chi connectivity index (χ0v) is 18.0. The Balaban J connectivity index is 1.60. The molecule has 0 radical (unpaired) electrons. The van der Waals surface area contributed by atoms with E-state index in [-0.39, 0.29) is 6.03 Å². The number of carbonyl (C=O) groups is 1. The molecule has 1 aromatic heterocycles. The maximum absolute atomic E-state index is 12.3. The summed E-state index contributed by atoms with van der Waals surface area (Å²) < 4.78 is 0. The molecule has 0 N–H and O–H groups in total. The van der Waals surface area contributed by atoms with Crippen LogP contribution in [-0.2, 0) is 6.42 Å². The van der Waals surface area contributed by atoms with Gasteiger partial charge in [0.1, 0.15) is 11.6 Å². The Morgan fingerprint density at radius 3 is 2.28 bits per heavy atom. The molecule has 6 heteroatoms. The number of nitrogens with zero attached hydrogens (tertiary/aromatic N) is 5. The quantitative estimate of drug-likeness (QED) is 0.799. The highest BCUT2D eigenvalue weighted by Crippen LogP contribution is 2.39. The Hall–Kier alpha value is -2.63. The van der Waals surface area contributed by atoms with Gasteiger partial charge in [-0.1, -0.05) is 29.8 Å². The van der Waals surface area contributed by atoms with Crippen LogP contribution in [-0.4, -0.2) is 66.1 Å². The SMILES string of the molecule is Cc1ccc(Cc2c(C)nc(C3CC3)nc2N2CCN(C(=O)N(C)C)CC2)cc1. The Morgan fingerprint density at radius 1 is 1.03 bits per heavy atom. The number of urea groups is 1. The average molecular weight is 394 g/mol. The second-order valence-electron chi connectivity index (χ2n) is 8.56. The maximum Gasteiger partial charge on any atom is 0.319 e. The van der Waals surface area contributed by atoms with Crippen LogP contribution in [0.2, 0.25) is 0 Å². The molecular weight excluding hydrogens is 362 g/mol. The molecule has 2 aromatic rings. The van der Waals surface area contributed by atoms with E-state index in [1.807, 2.05) is 19.0 Å². The molecule has 0 unspecified atom stereocenters. The van der Waals surface area contributed by atoms with Crippen LogP contribution in [0.3, 0.4) is 0 Å². The molecule has 0 bridgehead atoms. The summed E-state index contributed by atoms with van der Waals surface area (Å²) in [6, 6.07) is 8.80. The maximum atomic E-state index is 12.3. The summed E-state index contributed by atoms with van der Waals surface area (Å²) in [6.07, 6.45) is 3.23. The molecule has 0 spiro atoms. The summed E-state index contributed by atoms with van der Waals surface area (Å²) in [7, 11) is 3.62. The first-order chi connectivity index (χ1) is 13.9. The number of piperazine rings is 1. The van der Waals surface area contributed by atoms with Gasteiger partial charge < -0.3 is 14.7 Å². The van der Waals surface area contributed by atoms with Crippen LogP contribution >= 0.6 is 0 Å². The summed E-state index contributed by atoms with van der Waals surface area (Å²) in [6.45, 7) is 7.29. The Bertz CT molecular complexity index is 881. The topological polar surface area (TPSA) is 52.6 Å². The van der Waals surface area contributed by atoms with Crippen molar-refractivity contribution in [1.82, 2.24) is 19.8 Å². The standard InChI is InChI=1S/C23H31N5O/c1-16-5-7-18(8-6-16)15-20-17(2)24-21(19-9-10-19)25-22(20)27-11-13-28(14-12-27)23(29)26(3)4/h5-8,19H,9-15H2,1-4H3. The van der Waals surface area contributed by atoms with E-state index in [4.69, 9.17) is 9.97 Å². The lowest BCUT2D eigenvalue weighted by Gasteiger charge is -2.37. The van der Waals surface area contributed by atoms with Crippen molar-refractivity contribution in [3.8, 4) is 0 Å². The molecule has 154 valence electrons. The summed E-state index contributed by atoms with van der Waals surface area (Å²) in [5.74, 6) is 2.59. The smallest absolute Gasteiger partial charge is 0.319 e. The van der Waals surface area contributed by atoms with Crippen molar-refractivity contribution in [2.24, 2.45) is 0 Å². The van der Waals surface area contributed by atoms with Crippen molar-refractivity contribution in [3.63, 3.8) is 0 Å². The van der Waals surface area contributed by atoms with Crippen LogP contribution in [0.5, 0.6) is 0 Å². The average Bonchev–Trinajstić information content (AvgIpc) is 3.56. The molecule has 1 aromatic carbocycles. The molecule has 0 atom stereocenters. The largest absolute Gasteiger partial charge is 0.353 e. The molecule has 6 nitrogen and oxygen atoms in total. The zero-order valence-electron chi connectivity index (χ0n) is 18.0. The van der Waals surface area contributed by atoms with Gasteiger partial charge in [-0.2, -0.15) is 0 Å². The van der Waals surface area contributed by atoms with Gasteiger partial charge in [-0.05, 0) is 32.3 Å². The predicted octanol–water partition coefficient (Wildman–Crippen LogP) is 3.37. The van der Waals surface area contributed by atoms with Crippen molar-refractivity contribution in [1.29, 1.82) is 0 Å². The lowest BCUT2D eigenvalue weighted by Crippen LogP contribution is -2.52. The molecular formula is C23H31N5O. The van der Waals surface area contributed by atoms with Crippen molar-refractivity contribution in [2.75, 3.05) is 45.2 Å². The molecule has 2 heterocycles. The first kappa shape index (κ1) is 19.7. The molecule has 1 aliphatic heterocycles. The molecule has 1 saturated carbocycles. The molecule has 29 heavy (non-hydrogen) atoms. The van der Waals surface area contributed by atoms with Gasteiger partial charge in [0.2, 0.25) is 0 Å². The summed E-state index contributed by atoms with van der Waals surface area (Å²) >= 11 is 0. The van der Waals surface area contributed by atoms with E-state index in [1.165, 1.54) is 29.5 Å². The molecule has 1 aliphatic carbocycles. The second kappa shape index (κ2) is 8.01. The van der Waals surface area contributed by atoms with Crippen molar-refractivity contribution < 1.29 is 4.79 Å². The molecule has 4 rings (SSSR count). The van der Waals surface area contributed by atoms with Gasteiger partial charge >= 0.3 is 6.03 Å². The monoisotopic (exact) mass is 393 g/mol.